The fourth-order valence-corrected chi connectivity index (χ4v) is 4.18. The smallest absolute Gasteiger partial charge is 0.243 e. The molecule has 2 aromatic carbocycles. The summed E-state index contributed by atoms with van der Waals surface area (Å²) >= 11 is 12.1. The van der Waals surface area contributed by atoms with Gasteiger partial charge in [0.1, 0.15) is 5.84 Å². The standard InChI is InChI=1S/C16H14Cl2N4O2S/c17-14(18)16(22-25(23,24)12-9-5-2-6-10-12)15(19)20-13(21-16)11-7-3-1-4-8-11/h1-10,14,22H,(H2,19,20,21)/t16-/m0/s1. The Morgan fingerprint density at radius 3 is 2.12 bits per heavy atom. The molecule has 0 saturated heterocycles. The molecule has 0 amide bonds. The lowest BCUT2D eigenvalue weighted by atomic mass is 10.2. The number of hydrogen-bond donors (Lipinski definition) is 2. The summed E-state index contributed by atoms with van der Waals surface area (Å²) in [6, 6.07) is 16.8. The SMILES string of the molecule is NC1=NC(c2ccccc2)=N[C@]1(NS(=O)(=O)c1ccccc1)C(Cl)Cl. The maximum absolute atomic E-state index is 12.7. The maximum atomic E-state index is 12.7. The van der Waals surface area contributed by atoms with Gasteiger partial charge < -0.3 is 5.73 Å². The van der Waals surface area contributed by atoms with Crippen molar-refractivity contribution in [2.45, 2.75) is 15.4 Å². The zero-order chi connectivity index (χ0) is 18.1. The number of aliphatic imine (C=N–C) groups is 2. The van der Waals surface area contributed by atoms with Crippen LogP contribution in [0.4, 0.5) is 0 Å². The molecule has 1 atom stereocenters. The second kappa shape index (κ2) is 6.76. The second-order valence-corrected chi connectivity index (χ2v) is 8.06. The van der Waals surface area contributed by atoms with Crippen molar-refractivity contribution in [2.24, 2.45) is 15.7 Å². The Morgan fingerprint density at radius 1 is 1.00 bits per heavy atom. The average molecular weight is 397 g/mol. The topological polar surface area (TPSA) is 96.9 Å². The molecular formula is C16H14Cl2N4O2S. The van der Waals surface area contributed by atoms with Gasteiger partial charge in [0.05, 0.1) is 4.90 Å². The first kappa shape index (κ1) is 17.9. The molecule has 1 aliphatic rings. The van der Waals surface area contributed by atoms with Gasteiger partial charge in [-0.1, -0.05) is 48.5 Å². The molecule has 0 saturated carbocycles. The number of rotatable bonds is 5. The molecule has 130 valence electrons. The van der Waals surface area contributed by atoms with Gasteiger partial charge in [-0.05, 0) is 12.1 Å². The van der Waals surface area contributed by atoms with Gasteiger partial charge in [0.25, 0.3) is 0 Å². The lowest BCUT2D eigenvalue weighted by Crippen LogP contribution is -2.58. The zero-order valence-electron chi connectivity index (χ0n) is 12.8. The summed E-state index contributed by atoms with van der Waals surface area (Å²) in [7, 11) is -3.97. The Bertz CT molecular complexity index is 931. The van der Waals surface area contributed by atoms with Crippen molar-refractivity contribution in [2.75, 3.05) is 0 Å². The minimum Gasteiger partial charge on any atom is -0.384 e. The van der Waals surface area contributed by atoms with Crippen molar-refractivity contribution in [1.29, 1.82) is 0 Å². The largest absolute Gasteiger partial charge is 0.384 e. The van der Waals surface area contributed by atoms with Crippen LogP contribution in [-0.4, -0.2) is 30.6 Å². The van der Waals surface area contributed by atoms with E-state index in [4.69, 9.17) is 28.9 Å². The molecule has 0 bridgehead atoms. The zero-order valence-corrected chi connectivity index (χ0v) is 15.1. The number of hydrogen-bond acceptors (Lipinski definition) is 5. The van der Waals surface area contributed by atoms with Gasteiger partial charge in [0.15, 0.2) is 10.7 Å². The van der Waals surface area contributed by atoms with Crippen LogP contribution in [0.1, 0.15) is 5.56 Å². The Balaban J connectivity index is 2.04. The summed E-state index contributed by atoms with van der Waals surface area (Å²) in [6.07, 6.45) is 0. The number of alkyl halides is 2. The van der Waals surface area contributed by atoms with Crippen molar-refractivity contribution in [3.63, 3.8) is 0 Å². The van der Waals surface area contributed by atoms with E-state index in [0.29, 0.717) is 5.56 Å². The van der Waals surface area contributed by atoms with E-state index in [1.54, 1.807) is 42.5 Å². The molecule has 9 heteroatoms. The molecule has 25 heavy (non-hydrogen) atoms. The molecule has 0 aliphatic carbocycles. The minimum absolute atomic E-state index is 0.0412. The normalized spacial score (nSPS) is 20.4. The van der Waals surface area contributed by atoms with Gasteiger partial charge >= 0.3 is 0 Å². The number of sulfonamides is 1. The molecule has 1 aliphatic heterocycles. The predicted octanol–water partition coefficient (Wildman–Crippen LogP) is 2.28. The quantitative estimate of drug-likeness (QED) is 0.758. The summed E-state index contributed by atoms with van der Waals surface area (Å²) in [5, 5.41) is 0. The van der Waals surface area contributed by atoms with Crippen LogP contribution in [-0.2, 0) is 10.0 Å². The highest BCUT2D eigenvalue weighted by atomic mass is 35.5. The molecular weight excluding hydrogens is 383 g/mol. The van der Waals surface area contributed by atoms with Crippen LogP contribution in [0.15, 0.2) is 75.5 Å². The first-order valence-corrected chi connectivity index (χ1v) is 9.58. The molecule has 2 aromatic rings. The third-order valence-electron chi connectivity index (χ3n) is 3.59. The van der Waals surface area contributed by atoms with Gasteiger partial charge in [-0.15, -0.1) is 23.2 Å². The van der Waals surface area contributed by atoms with Gasteiger partial charge in [0, 0.05) is 5.56 Å². The van der Waals surface area contributed by atoms with Crippen molar-refractivity contribution in [1.82, 2.24) is 4.72 Å². The first-order valence-electron chi connectivity index (χ1n) is 7.22. The number of halogens is 2. The first-order chi connectivity index (χ1) is 11.8. The van der Waals surface area contributed by atoms with E-state index in [1.807, 2.05) is 6.07 Å². The molecule has 0 spiro atoms. The fraction of sp³-hybridized carbons (Fsp3) is 0.125. The van der Waals surface area contributed by atoms with E-state index in [0.717, 1.165) is 0 Å². The third-order valence-corrected chi connectivity index (χ3v) is 5.69. The second-order valence-electron chi connectivity index (χ2n) is 5.28. The lowest BCUT2D eigenvalue weighted by Gasteiger charge is -2.28. The number of nitrogens with two attached hydrogens (primary N) is 1. The molecule has 0 unspecified atom stereocenters. The van der Waals surface area contributed by atoms with Crippen molar-refractivity contribution in [3.8, 4) is 0 Å². The number of nitrogens with one attached hydrogen (secondary N) is 1. The number of amidine groups is 2. The Hall–Kier alpha value is -1.93. The molecule has 0 radical (unpaired) electrons. The van der Waals surface area contributed by atoms with Crippen LogP contribution >= 0.6 is 23.2 Å². The molecule has 0 fully saturated rings. The molecule has 0 aromatic heterocycles. The van der Waals surface area contributed by atoms with Crippen molar-refractivity contribution >= 4 is 44.9 Å². The van der Waals surface area contributed by atoms with Crippen molar-refractivity contribution < 1.29 is 8.42 Å². The fourth-order valence-electron chi connectivity index (χ4n) is 2.31. The maximum Gasteiger partial charge on any atom is 0.243 e. The highest BCUT2D eigenvalue weighted by Crippen LogP contribution is 2.30. The van der Waals surface area contributed by atoms with Gasteiger partial charge in [0.2, 0.25) is 15.7 Å². The van der Waals surface area contributed by atoms with Crippen LogP contribution in [0.2, 0.25) is 0 Å². The van der Waals surface area contributed by atoms with E-state index in [-0.39, 0.29) is 16.6 Å². The number of nitrogens with zero attached hydrogens (tertiary/aromatic N) is 2. The van der Waals surface area contributed by atoms with Gasteiger partial charge in [-0.3, -0.25) is 0 Å². The third kappa shape index (κ3) is 3.41. The summed E-state index contributed by atoms with van der Waals surface area (Å²) in [6.45, 7) is 0. The minimum atomic E-state index is -3.97. The van der Waals surface area contributed by atoms with E-state index in [9.17, 15) is 8.42 Å². The summed E-state index contributed by atoms with van der Waals surface area (Å²) in [5.74, 6) is 0.126. The van der Waals surface area contributed by atoms with Crippen LogP contribution in [0.3, 0.4) is 0 Å². The number of benzene rings is 2. The lowest BCUT2D eigenvalue weighted by molar-refractivity contribution is 0.529. The van der Waals surface area contributed by atoms with E-state index in [2.05, 4.69) is 14.7 Å². The highest BCUT2D eigenvalue weighted by molar-refractivity contribution is 7.89. The summed E-state index contributed by atoms with van der Waals surface area (Å²) in [4.78, 5) is 7.23. The molecule has 3 N–H and O–H groups in total. The Kier molecular flexibility index (Phi) is 4.83. The van der Waals surface area contributed by atoms with E-state index < -0.39 is 20.5 Å². The Labute approximate surface area is 155 Å². The Morgan fingerprint density at radius 2 is 1.56 bits per heavy atom. The highest BCUT2D eigenvalue weighted by Gasteiger charge is 2.48. The average Bonchev–Trinajstić information content (AvgIpc) is 2.94. The van der Waals surface area contributed by atoms with Crippen LogP contribution in [0.5, 0.6) is 0 Å². The summed E-state index contributed by atoms with van der Waals surface area (Å²) < 4.78 is 27.8. The monoisotopic (exact) mass is 396 g/mol. The molecule has 6 nitrogen and oxygen atoms in total. The van der Waals surface area contributed by atoms with Crippen LogP contribution < -0.4 is 10.5 Å². The van der Waals surface area contributed by atoms with Gasteiger partial charge in [-0.25, -0.2) is 18.4 Å². The molecule has 3 rings (SSSR count). The van der Waals surface area contributed by atoms with Gasteiger partial charge in [-0.2, -0.15) is 4.72 Å². The van der Waals surface area contributed by atoms with E-state index in [1.165, 1.54) is 12.1 Å². The van der Waals surface area contributed by atoms with Crippen molar-refractivity contribution in [3.05, 3.63) is 66.2 Å². The van der Waals surface area contributed by atoms with Crippen LogP contribution in [0, 0.1) is 0 Å². The van der Waals surface area contributed by atoms with Crippen LogP contribution in [0.25, 0.3) is 0 Å². The predicted molar refractivity (Wildman–Crippen MR) is 99.6 cm³/mol. The van der Waals surface area contributed by atoms with E-state index >= 15 is 0 Å². The summed E-state index contributed by atoms with van der Waals surface area (Å²) in [5.41, 5.74) is 4.86. The molecule has 1 heterocycles.